The molecule has 0 N–H and O–H groups in total. The van der Waals surface area contributed by atoms with E-state index >= 15 is 0 Å². The van der Waals surface area contributed by atoms with Crippen LogP contribution in [0.5, 0.6) is 5.75 Å². The first-order valence-corrected chi connectivity index (χ1v) is 7.89. The minimum atomic E-state index is -3.72. The summed E-state index contributed by atoms with van der Waals surface area (Å²) < 4.78 is 36.2. The van der Waals surface area contributed by atoms with Crippen LogP contribution in [0.3, 0.4) is 0 Å². The van der Waals surface area contributed by atoms with Crippen molar-refractivity contribution < 1.29 is 22.7 Å². The second-order valence-electron chi connectivity index (χ2n) is 4.78. The number of nitrogens with zero attached hydrogens (tertiary/aromatic N) is 1. The van der Waals surface area contributed by atoms with Crippen LogP contribution in [0.15, 0.2) is 35.2 Å². The quantitative estimate of drug-likeness (QED) is 0.803. The van der Waals surface area contributed by atoms with Gasteiger partial charge in [-0.25, -0.2) is 17.5 Å². The molecule has 22 heavy (non-hydrogen) atoms. The van der Waals surface area contributed by atoms with Crippen molar-refractivity contribution >= 4 is 26.8 Å². The minimum absolute atomic E-state index is 0.0364. The lowest BCUT2D eigenvalue weighted by molar-refractivity contribution is 0.0597. The lowest BCUT2D eigenvalue weighted by Crippen LogP contribution is -2.23. The zero-order valence-corrected chi connectivity index (χ0v) is 13.6. The highest BCUT2D eigenvalue weighted by Crippen LogP contribution is 2.35. The van der Waals surface area contributed by atoms with Gasteiger partial charge in [-0.3, -0.25) is 0 Å². The summed E-state index contributed by atoms with van der Waals surface area (Å²) in [5.74, 6) is -0.363. The molecule has 2 rings (SSSR count). The molecular formula is C15H17NO5S. The van der Waals surface area contributed by atoms with Crippen molar-refractivity contribution in [3.05, 3.63) is 35.9 Å². The Morgan fingerprint density at radius 2 is 1.68 bits per heavy atom. The third kappa shape index (κ3) is 2.53. The van der Waals surface area contributed by atoms with Crippen molar-refractivity contribution in [2.24, 2.45) is 0 Å². The lowest BCUT2D eigenvalue weighted by Gasteiger charge is -2.17. The molecule has 2 aromatic rings. The number of hydrogen-bond donors (Lipinski definition) is 0. The maximum Gasteiger partial charge on any atom is 0.341 e. The van der Waals surface area contributed by atoms with Gasteiger partial charge >= 0.3 is 5.97 Å². The number of ether oxygens (including phenoxy) is 2. The van der Waals surface area contributed by atoms with Gasteiger partial charge in [-0.2, -0.15) is 0 Å². The monoisotopic (exact) mass is 323 g/mol. The van der Waals surface area contributed by atoms with Crippen LogP contribution in [0.4, 0.5) is 0 Å². The van der Waals surface area contributed by atoms with Crippen molar-refractivity contribution in [1.82, 2.24) is 4.31 Å². The van der Waals surface area contributed by atoms with Gasteiger partial charge in [0.15, 0.2) is 0 Å². The van der Waals surface area contributed by atoms with E-state index in [4.69, 9.17) is 9.47 Å². The zero-order chi connectivity index (χ0) is 16.5. The summed E-state index contributed by atoms with van der Waals surface area (Å²) in [6.07, 6.45) is 0. The summed E-state index contributed by atoms with van der Waals surface area (Å²) in [6.45, 7) is 0. The molecule has 0 aliphatic heterocycles. The molecule has 6 nitrogen and oxygen atoms in total. The van der Waals surface area contributed by atoms with Gasteiger partial charge in [-0.1, -0.05) is 24.3 Å². The van der Waals surface area contributed by atoms with Crippen LogP contribution >= 0.6 is 0 Å². The molecule has 2 aromatic carbocycles. The number of methoxy groups -OCH3 is 2. The maximum absolute atomic E-state index is 12.5. The predicted octanol–water partition coefficient (Wildman–Crippen LogP) is 1.89. The SMILES string of the molecule is COC(=O)c1cc(S(=O)(=O)N(C)C)c2ccccc2c1OC. The summed E-state index contributed by atoms with van der Waals surface area (Å²) in [5.41, 5.74) is 0.0733. The van der Waals surface area contributed by atoms with E-state index in [1.54, 1.807) is 24.3 Å². The van der Waals surface area contributed by atoms with Crippen LogP contribution in [0.2, 0.25) is 0 Å². The van der Waals surface area contributed by atoms with Crippen LogP contribution < -0.4 is 4.74 Å². The van der Waals surface area contributed by atoms with Gasteiger partial charge in [0.05, 0.1) is 19.1 Å². The fourth-order valence-electron chi connectivity index (χ4n) is 2.21. The minimum Gasteiger partial charge on any atom is -0.495 e. The lowest BCUT2D eigenvalue weighted by atomic mass is 10.1. The third-order valence-corrected chi connectivity index (χ3v) is 5.18. The molecule has 0 aromatic heterocycles. The number of hydrogen-bond acceptors (Lipinski definition) is 5. The smallest absolute Gasteiger partial charge is 0.341 e. The van der Waals surface area contributed by atoms with E-state index in [2.05, 4.69) is 0 Å². The van der Waals surface area contributed by atoms with E-state index in [9.17, 15) is 13.2 Å². The molecule has 0 spiro atoms. The van der Waals surface area contributed by atoms with E-state index in [0.29, 0.717) is 16.5 Å². The van der Waals surface area contributed by atoms with Crippen LogP contribution in [0, 0.1) is 0 Å². The van der Waals surface area contributed by atoms with Crippen LogP contribution in [-0.4, -0.2) is 47.0 Å². The van der Waals surface area contributed by atoms with Crippen molar-refractivity contribution in [3.63, 3.8) is 0 Å². The summed E-state index contributed by atoms with van der Waals surface area (Å²) in [6, 6.07) is 8.15. The molecular weight excluding hydrogens is 306 g/mol. The Kier molecular flexibility index (Phi) is 4.39. The van der Waals surface area contributed by atoms with Crippen molar-refractivity contribution in [1.29, 1.82) is 0 Å². The third-order valence-electron chi connectivity index (χ3n) is 3.33. The average Bonchev–Trinajstić information content (AvgIpc) is 2.52. The molecule has 0 saturated heterocycles. The maximum atomic E-state index is 12.5. The molecule has 0 aliphatic carbocycles. The molecule has 0 amide bonds. The summed E-state index contributed by atoms with van der Waals surface area (Å²) in [5, 5.41) is 1.02. The number of rotatable bonds is 4. The molecule has 0 aliphatic rings. The Balaban J connectivity index is 2.97. The number of carbonyl (C=O) groups excluding carboxylic acids is 1. The topological polar surface area (TPSA) is 72.9 Å². The molecule has 0 radical (unpaired) electrons. The highest BCUT2D eigenvalue weighted by Gasteiger charge is 2.26. The van der Waals surface area contributed by atoms with Gasteiger partial charge in [0.1, 0.15) is 11.3 Å². The molecule has 0 atom stereocenters. The second-order valence-corrected chi connectivity index (χ2v) is 6.90. The fraction of sp³-hybridized carbons (Fsp3) is 0.267. The molecule has 0 heterocycles. The largest absolute Gasteiger partial charge is 0.495 e. The highest BCUT2D eigenvalue weighted by molar-refractivity contribution is 7.89. The number of benzene rings is 2. The van der Waals surface area contributed by atoms with Gasteiger partial charge in [-0.15, -0.1) is 0 Å². The Labute approximate surface area is 129 Å². The Morgan fingerprint density at radius 3 is 2.18 bits per heavy atom. The fourth-order valence-corrected chi connectivity index (χ4v) is 3.32. The summed E-state index contributed by atoms with van der Waals surface area (Å²) in [4.78, 5) is 12.0. The molecule has 118 valence electrons. The molecule has 7 heteroatoms. The van der Waals surface area contributed by atoms with Gasteiger partial charge in [0, 0.05) is 24.9 Å². The number of esters is 1. The van der Waals surface area contributed by atoms with Gasteiger partial charge < -0.3 is 9.47 Å². The van der Waals surface area contributed by atoms with Crippen LogP contribution in [0.1, 0.15) is 10.4 Å². The first kappa shape index (κ1) is 16.3. The molecule has 0 saturated carbocycles. The van der Waals surface area contributed by atoms with E-state index in [1.807, 2.05) is 0 Å². The van der Waals surface area contributed by atoms with E-state index in [0.717, 1.165) is 4.31 Å². The molecule has 0 fully saturated rings. The first-order chi connectivity index (χ1) is 10.3. The Morgan fingerprint density at radius 1 is 1.09 bits per heavy atom. The standard InChI is InChI=1S/C15H17NO5S/c1-16(2)22(18,19)13-9-12(15(17)21-4)14(20-3)11-8-6-5-7-10(11)13/h5-9H,1-4H3. The summed E-state index contributed by atoms with van der Waals surface area (Å²) >= 11 is 0. The normalized spacial score (nSPS) is 11.7. The Hall–Kier alpha value is -2.12. The van der Waals surface area contributed by atoms with Gasteiger partial charge in [0.25, 0.3) is 0 Å². The van der Waals surface area contributed by atoms with Crippen molar-refractivity contribution in [2.45, 2.75) is 4.90 Å². The number of carbonyl (C=O) groups is 1. The molecule has 0 bridgehead atoms. The van der Waals surface area contributed by atoms with E-state index < -0.39 is 16.0 Å². The van der Waals surface area contributed by atoms with Crippen molar-refractivity contribution in [2.75, 3.05) is 28.3 Å². The Bertz CT molecular complexity index is 827. The van der Waals surface area contributed by atoms with E-state index in [-0.39, 0.29) is 10.5 Å². The van der Waals surface area contributed by atoms with E-state index in [1.165, 1.54) is 34.4 Å². The number of sulfonamides is 1. The van der Waals surface area contributed by atoms with Crippen LogP contribution in [-0.2, 0) is 14.8 Å². The number of fused-ring (bicyclic) bond motifs is 1. The van der Waals surface area contributed by atoms with Gasteiger partial charge in [0.2, 0.25) is 10.0 Å². The highest BCUT2D eigenvalue weighted by atomic mass is 32.2. The first-order valence-electron chi connectivity index (χ1n) is 6.45. The van der Waals surface area contributed by atoms with Crippen molar-refractivity contribution in [3.8, 4) is 5.75 Å². The molecule has 0 unspecified atom stereocenters. The average molecular weight is 323 g/mol. The van der Waals surface area contributed by atoms with Crippen LogP contribution in [0.25, 0.3) is 10.8 Å². The summed E-state index contributed by atoms with van der Waals surface area (Å²) in [7, 11) is 1.81. The zero-order valence-electron chi connectivity index (χ0n) is 12.8. The second kappa shape index (κ2) is 5.94. The van der Waals surface area contributed by atoms with Gasteiger partial charge in [-0.05, 0) is 6.07 Å². The predicted molar refractivity (Wildman–Crippen MR) is 82.7 cm³/mol.